The van der Waals surface area contributed by atoms with Crippen LogP contribution >= 0.6 is 0 Å². The van der Waals surface area contributed by atoms with E-state index in [0.29, 0.717) is 5.69 Å². The first-order valence-electron chi connectivity index (χ1n) is 13.0. The highest BCUT2D eigenvalue weighted by Gasteiger charge is 2.24. The predicted molar refractivity (Wildman–Crippen MR) is 157 cm³/mol. The Hall–Kier alpha value is -4.70. The van der Waals surface area contributed by atoms with Gasteiger partial charge in [0, 0.05) is 34.0 Å². The third-order valence-electron chi connectivity index (χ3n) is 6.83. The summed E-state index contributed by atoms with van der Waals surface area (Å²) in [4.78, 5) is 25.9. The van der Waals surface area contributed by atoms with Gasteiger partial charge in [-0.15, -0.1) is 0 Å². The molecule has 0 aliphatic heterocycles. The number of carbonyl (C=O) groups is 2. The van der Waals surface area contributed by atoms with Gasteiger partial charge in [-0.2, -0.15) is 0 Å². The highest BCUT2D eigenvalue weighted by atomic mass is 32.2. The first-order valence-corrected chi connectivity index (χ1v) is 14.5. The second kappa shape index (κ2) is 11.1. The lowest BCUT2D eigenvalue weighted by Gasteiger charge is -2.16. The monoisotopic (exact) mass is 573 g/mol. The van der Waals surface area contributed by atoms with Crippen LogP contribution in [-0.4, -0.2) is 31.0 Å². The van der Waals surface area contributed by atoms with Gasteiger partial charge in [0.05, 0.1) is 16.1 Å². The molecule has 1 heterocycles. The molecule has 0 aliphatic rings. The molecule has 1 atom stereocenters. The van der Waals surface area contributed by atoms with Crippen LogP contribution in [0.15, 0.2) is 89.8 Å². The van der Waals surface area contributed by atoms with Crippen LogP contribution in [0.1, 0.15) is 29.8 Å². The molecule has 4 aromatic carbocycles. The Labute approximate surface area is 236 Å². The average Bonchev–Trinajstić information content (AvgIpc) is 3.25. The lowest BCUT2D eigenvalue weighted by atomic mass is 10.1. The van der Waals surface area contributed by atoms with Crippen LogP contribution in [0, 0.1) is 12.7 Å². The number of nitrogens with one attached hydrogen (secondary N) is 2. The number of ether oxygens (including phenoxy) is 1. The zero-order chi connectivity index (χ0) is 29.3. The fraction of sp³-hybridized carbons (Fsp3) is 0.161. The van der Waals surface area contributed by atoms with E-state index in [2.05, 4.69) is 27.6 Å². The van der Waals surface area contributed by atoms with Crippen molar-refractivity contribution in [2.24, 2.45) is 0 Å². The Morgan fingerprint density at radius 1 is 0.927 bits per heavy atom. The van der Waals surface area contributed by atoms with Gasteiger partial charge in [0.2, 0.25) is 0 Å². The number of sulfonamides is 1. The Morgan fingerprint density at radius 3 is 2.39 bits per heavy atom. The molecule has 0 saturated carbocycles. The second-order valence-corrected chi connectivity index (χ2v) is 11.2. The van der Waals surface area contributed by atoms with Crippen LogP contribution in [0.25, 0.3) is 21.8 Å². The average molecular weight is 574 g/mol. The van der Waals surface area contributed by atoms with E-state index in [-0.39, 0.29) is 21.7 Å². The second-order valence-electron chi connectivity index (χ2n) is 9.59. The summed E-state index contributed by atoms with van der Waals surface area (Å²) in [6, 6.07) is 22.8. The fourth-order valence-electron chi connectivity index (χ4n) is 4.86. The number of halogens is 1. The number of aromatic nitrogens is 1. The number of aryl methyl sites for hydroxylation is 2. The third-order valence-corrected chi connectivity index (χ3v) is 8.35. The summed E-state index contributed by atoms with van der Waals surface area (Å²) in [7, 11) is -4.14. The van der Waals surface area contributed by atoms with E-state index in [0.717, 1.165) is 46.5 Å². The topological polar surface area (TPSA) is 106 Å². The normalized spacial score (nSPS) is 12.3. The van der Waals surface area contributed by atoms with Crippen LogP contribution in [-0.2, 0) is 26.1 Å². The number of nitrogens with zero attached hydrogens (tertiary/aromatic N) is 1. The first-order chi connectivity index (χ1) is 19.6. The Kier molecular flexibility index (Phi) is 7.51. The maximum Gasteiger partial charge on any atom is 0.341 e. The number of anilines is 2. The zero-order valence-corrected chi connectivity index (χ0v) is 23.5. The van der Waals surface area contributed by atoms with Crippen molar-refractivity contribution in [2.75, 3.05) is 10.0 Å². The van der Waals surface area contributed by atoms with Crippen LogP contribution in [0.4, 0.5) is 15.8 Å². The Bertz CT molecular complexity index is 1920. The zero-order valence-electron chi connectivity index (χ0n) is 22.6. The Morgan fingerprint density at radius 2 is 1.63 bits per heavy atom. The number of benzene rings is 4. The molecule has 2 N–H and O–H groups in total. The van der Waals surface area contributed by atoms with E-state index in [1.807, 2.05) is 30.3 Å². The summed E-state index contributed by atoms with van der Waals surface area (Å²) >= 11 is 0. The lowest BCUT2D eigenvalue weighted by molar-refractivity contribution is -0.123. The number of hydrogen-bond donors (Lipinski definition) is 2. The predicted octanol–water partition coefficient (Wildman–Crippen LogP) is 6.25. The highest BCUT2D eigenvalue weighted by molar-refractivity contribution is 7.92. The maximum absolute atomic E-state index is 13.5. The Balaban J connectivity index is 1.32. The minimum atomic E-state index is -4.14. The fourth-order valence-corrected chi connectivity index (χ4v) is 6.17. The lowest BCUT2D eigenvalue weighted by Crippen LogP contribution is -2.30. The van der Waals surface area contributed by atoms with Gasteiger partial charge >= 0.3 is 5.97 Å². The van der Waals surface area contributed by atoms with Crippen LogP contribution in [0.5, 0.6) is 0 Å². The van der Waals surface area contributed by atoms with Crippen molar-refractivity contribution in [3.63, 3.8) is 0 Å². The van der Waals surface area contributed by atoms with E-state index in [1.165, 1.54) is 26.0 Å². The van der Waals surface area contributed by atoms with Crippen LogP contribution < -0.4 is 10.0 Å². The van der Waals surface area contributed by atoms with Crippen molar-refractivity contribution in [3.05, 3.63) is 102 Å². The van der Waals surface area contributed by atoms with E-state index < -0.39 is 33.8 Å². The van der Waals surface area contributed by atoms with Gasteiger partial charge in [-0.1, -0.05) is 30.3 Å². The number of esters is 1. The molecule has 0 bridgehead atoms. The molecule has 5 aromatic rings. The third kappa shape index (κ3) is 5.51. The van der Waals surface area contributed by atoms with Gasteiger partial charge in [-0.05, 0) is 80.9 Å². The minimum Gasteiger partial charge on any atom is -0.449 e. The molecule has 0 fully saturated rings. The number of rotatable bonds is 8. The summed E-state index contributed by atoms with van der Waals surface area (Å²) in [5.74, 6) is -1.99. The summed E-state index contributed by atoms with van der Waals surface area (Å²) in [6.07, 6.45) is -1.18. The standard InChI is InChI=1S/C31H28FN3O5S/c1-4-35-27-12-8-6-9-23(27)25-18-22(14-15-28(25)35)33-30(36)20(3)40-31(37)24-10-5-7-11-26(24)34-41(38,39)29-16-13-21(32)17-19(29)2/h5-18,20,34H,4H2,1-3H3,(H,33,36)/t20-/m0/s1. The molecule has 0 spiro atoms. The number of carbonyl (C=O) groups excluding carboxylic acids is 2. The SMILES string of the molecule is CCn1c2ccccc2c2cc(NC(=O)[C@H](C)OC(=O)c3ccccc3NS(=O)(=O)c3ccc(F)cc3C)ccc21. The molecule has 41 heavy (non-hydrogen) atoms. The molecule has 0 unspecified atom stereocenters. The largest absolute Gasteiger partial charge is 0.449 e. The molecular weight excluding hydrogens is 545 g/mol. The quantitative estimate of drug-likeness (QED) is 0.214. The van der Waals surface area contributed by atoms with Gasteiger partial charge < -0.3 is 14.6 Å². The van der Waals surface area contributed by atoms with Crippen molar-refractivity contribution in [3.8, 4) is 0 Å². The van der Waals surface area contributed by atoms with Gasteiger partial charge in [0.25, 0.3) is 15.9 Å². The van der Waals surface area contributed by atoms with Gasteiger partial charge in [0.15, 0.2) is 6.10 Å². The van der Waals surface area contributed by atoms with Crippen molar-refractivity contribution < 1.29 is 27.1 Å². The van der Waals surface area contributed by atoms with E-state index >= 15 is 0 Å². The van der Waals surface area contributed by atoms with Gasteiger partial charge in [0.1, 0.15) is 5.82 Å². The molecule has 10 heteroatoms. The molecule has 8 nitrogen and oxygen atoms in total. The number of amides is 1. The van der Waals surface area contributed by atoms with Crippen LogP contribution in [0.2, 0.25) is 0 Å². The van der Waals surface area contributed by atoms with Gasteiger partial charge in [-0.3, -0.25) is 9.52 Å². The molecule has 5 rings (SSSR count). The van der Waals surface area contributed by atoms with E-state index in [1.54, 1.807) is 18.2 Å². The van der Waals surface area contributed by atoms with E-state index in [4.69, 9.17) is 4.74 Å². The molecule has 210 valence electrons. The van der Waals surface area contributed by atoms with Crippen molar-refractivity contribution in [1.29, 1.82) is 0 Å². The van der Waals surface area contributed by atoms with Crippen LogP contribution in [0.3, 0.4) is 0 Å². The van der Waals surface area contributed by atoms with Crippen molar-refractivity contribution >= 4 is 55.1 Å². The van der Waals surface area contributed by atoms with Gasteiger partial charge in [-0.25, -0.2) is 17.6 Å². The summed E-state index contributed by atoms with van der Waals surface area (Å²) in [6.45, 7) is 5.77. The summed E-state index contributed by atoms with van der Waals surface area (Å²) < 4.78 is 49.4. The molecular formula is C31H28FN3O5S. The molecule has 0 aliphatic carbocycles. The van der Waals surface area contributed by atoms with Crippen molar-refractivity contribution in [2.45, 2.75) is 38.3 Å². The smallest absolute Gasteiger partial charge is 0.341 e. The number of hydrogen-bond acceptors (Lipinski definition) is 5. The van der Waals surface area contributed by atoms with Crippen molar-refractivity contribution in [1.82, 2.24) is 4.57 Å². The molecule has 1 aromatic heterocycles. The minimum absolute atomic E-state index is 0.0356. The summed E-state index contributed by atoms with van der Waals surface area (Å²) in [5, 5.41) is 4.85. The summed E-state index contributed by atoms with van der Waals surface area (Å²) in [5.41, 5.74) is 2.78. The molecule has 1 amide bonds. The maximum atomic E-state index is 13.5. The number of para-hydroxylation sites is 2. The molecule has 0 saturated heterocycles. The highest BCUT2D eigenvalue weighted by Crippen LogP contribution is 2.31. The first kappa shape index (κ1) is 27.9. The number of fused-ring (bicyclic) bond motifs is 3. The van der Waals surface area contributed by atoms with E-state index in [9.17, 15) is 22.4 Å². The molecule has 0 radical (unpaired) electrons.